The van der Waals surface area contributed by atoms with Crippen LogP contribution in [0.3, 0.4) is 0 Å². The van der Waals surface area contributed by atoms with Gasteiger partial charge < -0.3 is 4.42 Å². The Bertz CT molecular complexity index is 3000. The lowest BCUT2D eigenvalue weighted by molar-refractivity contribution is -0.0419. The van der Waals surface area contributed by atoms with Crippen LogP contribution >= 0.6 is 0 Å². The summed E-state index contributed by atoms with van der Waals surface area (Å²) in [5.74, 6) is 7.90. The fourth-order valence-electron chi connectivity index (χ4n) is 17.3. The molecular weight excluding hydrogens is 795 g/mol. The molecule has 8 aromatic rings. The summed E-state index contributed by atoms with van der Waals surface area (Å²) in [5.41, 5.74) is 13.1. The van der Waals surface area contributed by atoms with Crippen molar-refractivity contribution in [3.63, 3.8) is 0 Å². The molecule has 0 unspecified atom stereocenters. The van der Waals surface area contributed by atoms with Crippen LogP contribution in [0.15, 0.2) is 144 Å². The van der Waals surface area contributed by atoms with Crippen LogP contribution in [0.25, 0.3) is 33.3 Å². The summed E-state index contributed by atoms with van der Waals surface area (Å²) in [6.07, 6.45) is 13.5. The molecule has 18 rings (SSSR count). The third-order valence-corrected chi connectivity index (χ3v) is 18.9. The molecule has 4 heterocycles. The van der Waals surface area contributed by atoms with Crippen LogP contribution < -0.4 is 9.80 Å². The van der Waals surface area contributed by atoms with Crippen molar-refractivity contribution in [3.8, 4) is 11.4 Å². The summed E-state index contributed by atoms with van der Waals surface area (Å²) < 4.78 is 6.77. The second-order valence-electron chi connectivity index (χ2n) is 21.6. The maximum Gasteiger partial charge on any atom is 0.240 e. The largest absolute Gasteiger partial charge is 0.455 e. The van der Waals surface area contributed by atoms with Crippen LogP contribution in [-0.2, 0) is 10.8 Å². The molecule has 0 amide bonds. The molecule has 8 bridgehead atoms. The topological polar surface area (TPSA) is 58.3 Å². The summed E-state index contributed by atoms with van der Waals surface area (Å²) in [7, 11) is 0. The van der Waals surface area contributed by atoms with Crippen molar-refractivity contribution in [2.75, 3.05) is 9.80 Å². The van der Waals surface area contributed by atoms with Gasteiger partial charge in [-0.05, 0) is 170 Å². The molecule has 0 saturated heterocycles. The summed E-state index contributed by atoms with van der Waals surface area (Å²) in [6.45, 7) is 0. The van der Waals surface area contributed by atoms with E-state index in [1.807, 2.05) is 6.07 Å². The van der Waals surface area contributed by atoms with Gasteiger partial charge in [-0.3, -0.25) is 9.80 Å². The Kier molecular flexibility index (Phi) is 7.06. The average molecular weight is 846 g/mol. The molecule has 6 heteroatoms. The van der Waals surface area contributed by atoms with Crippen molar-refractivity contribution in [2.45, 2.75) is 75.0 Å². The molecule has 8 aliphatic carbocycles. The van der Waals surface area contributed by atoms with E-state index in [-0.39, 0.29) is 10.8 Å². The molecule has 0 radical (unpaired) electrons. The second kappa shape index (κ2) is 12.7. The van der Waals surface area contributed by atoms with E-state index in [4.69, 9.17) is 19.4 Å². The maximum absolute atomic E-state index is 6.77. The molecule has 10 aliphatic rings. The van der Waals surface area contributed by atoms with Crippen LogP contribution in [0.2, 0.25) is 0 Å². The number of para-hydroxylation sites is 6. The first-order chi connectivity index (χ1) is 32.1. The fraction of sp³-hybridized carbons (Fsp3) is 0.339. The summed E-state index contributed by atoms with van der Waals surface area (Å²) >= 11 is 0. The Morgan fingerprint density at radius 1 is 0.385 bits per heavy atom. The standard InChI is InChI=1S/C59H51N5O/c1-10-23-53-42(12-1)43-13-11-14-44(54(43)65-53)55-60-56(63-49-19-6-2-15-45(49)58(46-16-3-7-20-50(46)63)38-26-34-24-35(28-38)29-39(58)27-34)62-57(61-55)64-51-21-8-4-17-47(51)59(48-18-5-9-22-52(48)64)40-30-36-25-37(32-40)33-41(59)31-36/h1-23,34-41H,24-33H2. The minimum Gasteiger partial charge on any atom is -0.455 e. The van der Waals surface area contributed by atoms with Gasteiger partial charge in [0.1, 0.15) is 11.2 Å². The van der Waals surface area contributed by atoms with Crippen molar-refractivity contribution < 1.29 is 4.42 Å². The van der Waals surface area contributed by atoms with E-state index < -0.39 is 0 Å². The lowest BCUT2D eigenvalue weighted by Gasteiger charge is -2.64. The van der Waals surface area contributed by atoms with Gasteiger partial charge in [-0.25, -0.2) is 0 Å². The Balaban J connectivity index is 0.959. The third kappa shape index (κ3) is 4.54. The number of anilines is 6. The lowest BCUT2D eigenvalue weighted by atomic mass is 9.41. The predicted octanol–water partition coefficient (Wildman–Crippen LogP) is 14.5. The molecule has 2 aromatic heterocycles. The van der Waals surface area contributed by atoms with E-state index in [2.05, 4.69) is 143 Å². The molecule has 6 aromatic carbocycles. The molecule has 8 fully saturated rings. The van der Waals surface area contributed by atoms with E-state index >= 15 is 0 Å². The highest BCUT2D eigenvalue weighted by Crippen LogP contribution is 2.71. The zero-order chi connectivity index (χ0) is 42.2. The number of aromatic nitrogens is 3. The highest BCUT2D eigenvalue weighted by Gasteiger charge is 2.63. The number of rotatable bonds is 3. The van der Waals surface area contributed by atoms with E-state index in [1.165, 1.54) is 109 Å². The van der Waals surface area contributed by atoms with Gasteiger partial charge in [-0.15, -0.1) is 0 Å². The van der Waals surface area contributed by atoms with Gasteiger partial charge in [0.25, 0.3) is 0 Å². The van der Waals surface area contributed by atoms with E-state index in [0.29, 0.717) is 41.4 Å². The molecule has 318 valence electrons. The van der Waals surface area contributed by atoms with Crippen molar-refractivity contribution in [3.05, 3.63) is 162 Å². The van der Waals surface area contributed by atoms with E-state index in [0.717, 1.165) is 51.2 Å². The zero-order valence-electron chi connectivity index (χ0n) is 36.6. The van der Waals surface area contributed by atoms with Crippen LogP contribution in [0.5, 0.6) is 0 Å². The summed E-state index contributed by atoms with van der Waals surface area (Å²) in [5, 5.41) is 2.16. The van der Waals surface area contributed by atoms with Gasteiger partial charge in [-0.1, -0.05) is 103 Å². The first kappa shape index (κ1) is 36.0. The van der Waals surface area contributed by atoms with Crippen LogP contribution in [0, 0.1) is 47.3 Å². The predicted molar refractivity (Wildman–Crippen MR) is 258 cm³/mol. The Morgan fingerprint density at radius 3 is 1.22 bits per heavy atom. The zero-order valence-corrected chi connectivity index (χ0v) is 36.6. The highest BCUT2D eigenvalue weighted by molar-refractivity contribution is 6.09. The quantitative estimate of drug-likeness (QED) is 0.177. The molecule has 8 saturated carbocycles. The average Bonchev–Trinajstić information content (AvgIpc) is 3.72. The number of fused-ring (bicyclic) bond motifs is 7. The first-order valence-electron chi connectivity index (χ1n) is 24.8. The number of benzene rings is 6. The van der Waals surface area contributed by atoms with Crippen LogP contribution in [0.4, 0.5) is 34.6 Å². The minimum atomic E-state index is -0.0204. The van der Waals surface area contributed by atoms with Crippen molar-refractivity contribution in [2.24, 2.45) is 47.3 Å². The maximum atomic E-state index is 6.77. The third-order valence-electron chi connectivity index (χ3n) is 18.9. The van der Waals surface area contributed by atoms with Crippen molar-refractivity contribution in [1.29, 1.82) is 0 Å². The Labute approximate surface area is 379 Å². The van der Waals surface area contributed by atoms with Gasteiger partial charge in [0.05, 0.1) is 28.3 Å². The first-order valence-corrected chi connectivity index (χ1v) is 24.8. The van der Waals surface area contributed by atoms with Gasteiger partial charge in [0.2, 0.25) is 11.9 Å². The monoisotopic (exact) mass is 845 g/mol. The van der Waals surface area contributed by atoms with E-state index in [1.54, 1.807) is 0 Å². The van der Waals surface area contributed by atoms with Crippen molar-refractivity contribution >= 4 is 56.6 Å². The smallest absolute Gasteiger partial charge is 0.240 e. The van der Waals surface area contributed by atoms with E-state index in [9.17, 15) is 0 Å². The molecule has 2 spiro atoms. The molecule has 6 nitrogen and oxygen atoms in total. The van der Waals surface area contributed by atoms with Crippen molar-refractivity contribution in [1.82, 2.24) is 15.0 Å². The SMILES string of the molecule is c1ccc2c(c1)N(c1nc(-c3cccc4c3oc3ccccc34)nc(N3c4ccccc4C4(c5ccccc53)C3CC5CC(C3)CC4C5)n1)c1ccccc1C21C2CC3CC(C2)CC1C3. The van der Waals surface area contributed by atoms with Gasteiger partial charge in [0.15, 0.2) is 5.82 Å². The van der Waals surface area contributed by atoms with Crippen LogP contribution in [-0.4, -0.2) is 15.0 Å². The van der Waals surface area contributed by atoms with Gasteiger partial charge in [-0.2, -0.15) is 15.0 Å². The second-order valence-corrected chi connectivity index (χ2v) is 21.6. The highest BCUT2D eigenvalue weighted by atomic mass is 16.3. The lowest BCUT2D eigenvalue weighted by Crippen LogP contribution is -2.57. The molecule has 0 atom stereocenters. The summed E-state index contributed by atoms with van der Waals surface area (Å²) in [6, 6.07) is 52.1. The molecular formula is C59H51N5O. The van der Waals surface area contributed by atoms with Gasteiger partial charge in [0, 0.05) is 21.6 Å². The Hall–Kier alpha value is -6.27. The fourth-order valence-corrected chi connectivity index (χ4v) is 17.3. The molecule has 0 N–H and O–H groups in total. The van der Waals surface area contributed by atoms with Crippen LogP contribution in [0.1, 0.15) is 86.5 Å². The number of hydrogen-bond acceptors (Lipinski definition) is 6. The minimum absolute atomic E-state index is 0.0204. The number of hydrogen-bond donors (Lipinski definition) is 0. The number of furan rings is 1. The Morgan fingerprint density at radius 2 is 0.769 bits per heavy atom. The summed E-state index contributed by atoms with van der Waals surface area (Å²) in [4.78, 5) is 21.8. The molecule has 2 aliphatic heterocycles. The molecule has 65 heavy (non-hydrogen) atoms. The number of nitrogens with zero attached hydrogens (tertiary/aromatic N) is 5. The van der Waals surface area contributed by atoms with Gasteiger partial charge >= 0.3 is 0 Å². The normalized spacial score (nSPS) is 28.8.